The molecule has 0 saturated heterocycles. The van der Waals surface area contributed by atoms with Crippen LogP contribution >= 0.6 is 0 Å². The van der Waals surface area contributed by atoms with Gasteiger partial charge in [0.1, 0.15) is 12.6 Å². The average molecular weight is 477 g/mol. The third-order valence-corrected chi connectivity index (χ3v) is 7.75. The SMILES string of the molecule is O=C(N[C@@H](CC1CC1)C(=O)NCC(C(=O)O)C1CCC1)OCC1c2ccccc2-c2ccccc21. The summed E-state index contributed by atoms with van der Waals surface area (Å²) in [6, 6.07) is 15.5. The van der Waals surface area contributed by atoms with Crippen molar-refractivity contribution >= 4 is 18.0 Å². The predicted molar refractivity (Wildman–Crippen MR) is 131 cm³/mol. The van der Waals surface area contributed by atoms with E-state index in [1.807, 2.05) is 24.3 Å². The Hall–Kier alpha value is -3.35. The highest BCUT2D eigenvalue weighted by atomic mass is 16.5. The van der Waals surface area contributed by atoms with Crippen LogP contribution in [0.3, 0.4) is 0 Å². The number of carbonyl (C=O) groups excluding carboxylic acids is 2. The van der Waals surface area contributed by atoms with Crippen molar-refractivity contribution in [1.29, 1.82) is 0 Å². The Morgan fingerprint density at radius 1 is 0.943 bits per heavy atom. The van der Waals surface area contributed by atoms with E-state index in [1.165, 1.54) is 0 Å². The number of hydrogen-bond acceptors (Lipinski definition) is 4. The van der Waals surface area contributed by atoms with E-state index in [9.17, 15) is 19.5 Å². The third kappa shape index (κ3) is 5.19. The van der Waals surface area contributed by atoms with Crippen LogP contribution in [0.2, 0.25) is 0 Å². The molecule has 0 bridgehead atoms. The second-order valence-corrected chi connectivity index (χ2v) is 10.1. The van der Waals surface area contributed by atoms with E-state index in [-0.39, 0.29) is 30.9 Å². The second-order valence-electron chi connectivity index (χ2n) is 10.1. The molecule has 0 radical (unpaired) electrons. The Balaban J connectivity index is 1.19. The lowest BCUT2D eigenvalue weighted by molar-refractivity contribution is -0.144. The minimum absolute atomic E-state index is 0.0531. The largest absolute Gasteiger partial charge is 0.481 e. The first kappa shape index (κ1) is 23.4. The molecule has 7 nitrogen and oxygen atoms in total. The van der Waals surface area contributed by atoms with Gasteiger partial charge in [-0.1, -0.05) is 67.8 Å². The van der Waals surface area contributed by atoms with E-state index in [2.05, 4.69) is 34.9 Å². The third-order valence-electron chi connectivity index (χ3n) is 7.75. The number of carboxylic acid groups (broad SMARTS) is 1. The van der Waals surface area contributed by atoms with Crippen molar-refractivity contribution in [2.45, 2.75) is 50.5 Å². The molecular weight excluding hydrogens is 444 g/mol. The van der Waals surface area contributed by atoms with E-state index in [1.54, 1.807) is 0 Å². The maximum Gasteiger partial charge on any atom is 0.407 e. The predicted octanol–water partition coefficient (Wildman–Crippen LogP) is 4.31. The smallest absolute Gasteiger partial charge is 0.407 e. The number of fused-ring (bicyclic) bond motifs is 3. The molecule has 3 N–H and O–H groups in total. The monoisotopic (exact) mass is 476 g/mol. The molecule has 5 rings (SSSR count). The number of aliphatic carboxylic acids is 1. The highest BCUT2D eigenvalue weighted by molar-refractivity contribution is 5.86. The lowest BCUT2D eigenvalue weighted by Crippen LogP contribution is -2.49. The number of nitrogens with one attached hydrogen (secondary N) is 2. The molecule has 35 heavy (non-hydrogen) atoms. The number of alkyl carbamates (subject to hydrolysis) is 1. The number of benzene rings is 2. The topological polar surface area (TPSA) is 105 Å². The summed E-state index contributed by atoms with van der Waals surface area (Å²) in [5.41, 5.74) is 4.57. The summed E-state index contributed by atoms with van der Waals surface area (Å²) in [6.45, 7) is 0.271. The minimum Gasteiger partial charge on any atom is -0.481 e. The summed E-state index contributed by atoms with van der Waals surface area (Å²) >= 11 is 0. The van der Waals surface area contributed by atoms with Crippen LogP contribution < -0.4 is 10.6 Å². The highest BCUT2D eigenvalue weighted by Crippen LogP contribution is 2.44. The van der Waals surface area contributed by atoms with Crippen molar-refractivity contribution in [1.82, 2.24) is 10.6 Å². The van der Waals surface area contributed by atoms with Crippen molar-refractivity contribution in [3.63, 3.8) is 0 Å². The Kier molecular flexibility index (Phi) is 6.75. The van der Waals surface area contributed by atoms with Crippen LogP contribution in [0.4, 0.5) is 4.79 Å². The Bertz CT molecular complexity index is 1060. The van der Waals surface area contributed by atoms with Gasteiger partial charge in [-0.05, 0) is 53.4 Å². The summed E-state index contributed by atoms with van der Waals surface area (Å²) < 4.78 is 5.63. The van der Waals surface area contributed by atoms with Crippen LogP contribution in [0.15, 0.2) is 48.5 Å². The maximum absolute atomic E-state index is 12.9. The summed E-state index contributed by atoms with van der Waals surface area (Å²) in [7, 11) is 0. The molecule has 0 heterocycles. The van der Waals surface area contributed by atoms with Crippen LogP contribution in [-0.2, 0) is 14.3 Å². The zero-order valence-electron chi connectivity index (χ0n) is 19.7. The van der Waals surface area contributed by atoms with E-state index in [0.717, 1.165) is 54.4 Å². The molecule has 0 aliphatic heterocycles. The number of amides is 2. The summed E-state index contributed by atoms with van der Waals surface area (Å²) in [4.78, 5) is 37.3. The number of carboxylic acids is 1. The van der Waals surface area contributed by atoms with Gasteiger partial charge < -0.3 is 20.5 Å². The van der Waals surface area contributed by atoms with Gasteiger partial charge in [-0.3, -0.25) is 9.59 Å². The van der Waals surface area contributed by atoms with Crippen molar-refractivity contribution in [3.8, 4) is 11.1 Å². The fourth-order valence-corrected chi connectivity index (χ4v) is 5.33. The van der Waals surface area contributed by atoms with Crippen molar-refractivity contribution < 1.29 is 24.2 Å². The molecule has 184 valence electrons. The second kappa shape index (κ2) is 10.1. The molecule has 2 atom stereocenters. The fraction of sp³-hybridized carbons (Fsp3) is 0.464. The zero-order chi connectivity index (χ0) is 24.4. The van der Waals surface area contributed by atoms with Gasteiger partial charge in [-0.2, -0.15) is 0 Å². The zero-order valence-corrected chi connectivity index (χ0v) is 19.7. The van der Waals surface area contributed by atoms with Gasteiger partial charge in [-0.25, -0.2) is 4.79 Å². The Morgan fingerprint density at radius 3 is 2.11 bits per heavy atom. The summed E-state index contributed by atoms with van der Waals surface area (Å²) in [5, 5.41) is 15.1. The van der Waals surface area contributed by atoms with Gasteiger partial charge in [0.05, 0.1) is 5.92 Å². The average Bonchev–Trinajstić information content (AvgIpc) is 3.58. The number of rotatable bonds is 10. The molecule has 0 aromatic heterocycles. The number of hydrogen-bond donors (Lipinski definition) is 3. The molecule has 3 aliphatic carbocycles. The quantitative estimate of drug-likeness (QED) is 0.474. The van der Waals surface area contributed by atoms with Crippen molar-refractivity contribution in [2.24, 2.45) is 17.8 Å². The maximum atomic E-state index is 12.9. The number of carbonyl (C=O) groups is 3. The van der Waals surface area contributed by atoms with Crippen LogP contribution in [0.1, 0.15) is 55.6 Å². The normalized spacial score (nSPS) is 18.5. The lowest BCUT2D eigenvalue weighted by atomic mass is 9.76. The molecule has 0 spiro atoms. The molecule has 2 fully saturated rings. The van der Waals surface area contributed by atoms with Crippen molar-refractivity contribution in [2.75, 3.05) is 13.2 Å². The first-order chi connectivity index (χ1) is 17.0. The number of ether oxygens (including phenoxy) is 1. The first-order valence-corrected chi connectivity index (χ1v) is 12.6. The van der Waals surface area contributed by atoms with Gasteiger partial charge in [0, 0.05) is 12.5 Å². The van der Waals surface area contributed by atoms with Gasteiger partial charge in [0.2, 0.25) is 5.91 Å². The molecule has 3 aliphatic rings. The standard InChI is InChI=1S/C28H32N2O5/c31-26(29-15-23(27(32)33)18-6-5-7-18)25(14-17-12-13-17)30-28(34)35-16-24-21-10-3-1-8-19(21)20-9-2-4-11-22(20)24/h1-4,8-11,17-18,23-25H,5-7,12-16H2,(H,29,31)(H,30,34)(H,32,33)/t23?,25-/m0/s1. The molecule has 2 aromatic rings. The van der Waals surface area contributed by atoms with Crippen LogP contribution in [-0.4, -0.2) is 42.3 Å². The van der Waals surface area contributed by atoms with Crippen LogP contribution in [0.5, 0.6) is 0 Å². The molecule has 2 amide bonds. The van der Waals surface area contributed by atoms with E-state index < -0.39 is 24.0 Å². The first-order valence-electron chi connectivity index (χ1n) is 12.6. The van der Waals surface area contributed by atoms with Crippen LogP contribution in [0, 0.1) is 17.8 Å². The summed E-state index contributed by atoms with van der Waals surface area (Å²) in [5.74, 6) is -1.33. The van der Waals surface area contributed by atoms with Gasteiger partial charge in [0.25, 0.3) is 0 Å². The molecule has 2 aromatic carbocycles. The highest BCUT2D eigenvalue weighted by Gasteiger charge is 2.35. The van der Waals surface area contributed by atoms with Crippen LogP contribution in [0.25, 0.3) is 11.1 Å². The van der Waals surface area contributed by atoms with E-state index in [0.29, 0.717) is 12.3 Å². The molecular formula is C28H32N2O5. The molecule has 2 saturated carbocycles. The van der Waals surface area contributed by atoms with Gasteiger partial charge >= 0.3 is 12.1 Å². The van der Waals surface area contributed by atoms with E-state index >= 15 is 0 Å². The minimum atomic E-state index is -0.877. The van der Waals surface area contributed by atoms with Gasteiger partial charge in [0.15, 0.2) is 0 Å². The Morgan fingerprint density at radius 2 is 1.57 bits per heavy atom. The van der Waals surface area contributed by atoms with Crippen molar-refractivity contribution in [3.05, 3.63) is 59.7 Å². The van der Waals surface area contributed by atoms with E-state index in [4.69, 9.17) is 4.74 Å². The lowest BCUT2D eigenvalue weighted by Gasteiger charge is -2.31. The Labute approximate surface area is 205 Å². The fourth-order valence-electron chi connectivity index (χ4n) is 5.33. The summed E-state index contributed by atoms with van der Waals surface area (Å²) in [6.07, 6.45) is 4.80. The molecule has 1 unspecified atom stereocenters. The molecule has 7 heteroatoms. The van der Waals surface area contributed by atoms with Gasteiger partial charge in [-0.15, -0.1) is 0 Å².